The van der Waals surface area contributed by atoms with Gasteiger partial charge in [-0.25, -0.2) is 9.97 Å². The van der Waals surface area contributed by atoms with Crippen molar-refractivity contribution in [3.05, 3.63) is 134 Å². The molecule has 42 heavy (non-hydrogen) atoms. The number of rotatable bonds is 3. The van der Waals surface area contributed by atoms with Crippen molar-refractivity contribution in [3.63, 3.8) is 0 Å². The molecule has 0 aliphatic rings. The van der Waals surface area contributed by atoms with E-state index in [1.165, 1.54) is 43.8 Å². The van der Waals surface area contributed by atoms with Gasteiger partial charge < -0.3 is 0 Å². The SMILES string of the molecule is c1ccc2c(-n3c4cc(-c5nsc(-c6c7ccccc7cc7ccccc67)n5)ccc4c4cccnc43)cccc2c1. The molecule has 0 amide bonds. The molecule has 196 valence electrons. The van der Waals surface area contributed by atoms with Crippen molar-refractivity contribution in [1.82, 2.24) is 18.9 Å². The van der Waals surface area contributed by atoms with Crippen LogP contribution in [0, 0.1) is 0 Å². The maximum absolute atomic E-state index is 5.15. The molecule has 0 atom stereocenters. The van der Waals surface area contributed by atoms with Gasteiger partial charge in [-0.3, -0.25) is 4.57 Å². The zero-order valence-electron chi connectivity index (χ0n) is 22.4. The highest BCUT2D eigenvalue weighted by Gasteiger charge is 2.19. The van der Waals surface area contributed by atoms with Crippen molar-refractivity contribution in [2.75, 3.05) is 0 Å². The van der Waals surface area contributed by atoms with Crippen molar-refractivity contribution < 1.29 is 0 Å². The summed E-state index contributed by atoms with van der Waals surface area (Å²) in [6.45, 7) is 0. The molecular weight excluding hydrogens is 533 g/mol. The zero-order valence-corrected chi connectivity index (χ0v) is 23.2. The number of hydrogen-bond acceptors (Lipinski definition) is 4. The number of fused-ring (bicyclic) bond motifs is 6. The molecule has 0 aliphatic carbocycles. The van der Waals surface area contributed by atoms with E-state index >= 15 is 0 Å². The maximum Gasteiger partial charge on any atom is 0.173 e. The Morgan fingerprint density at radius 3 is 2.05 bits per heavy atom. The Kier molecular flexibility index (Phi) is 5.03. The van der Waals surface area contributed by atoms with Crippen molar-refractivity contribution in [2.24, 2.45) is 0 Å². The van der Waals surface area contributed by atoms with Gasteiger partial charge in [-0.15, -0.1) is 0 Å². The Labute approximate surface area is 245 Å². The van der Waals surface area contributed by atoms with E-state index < -0.39 is 0 Å². The molecule has 4 nitrogen and oxygen atoms in total. The lowest BCUT2D eigenvalue weighted by molar-refractivity contribution is 1.15. The first-order chi connectivity index (χ1) is 20.8. The fourth-order valence-corrected chi connectivity index (χ4v) is 7.07. The molecular formula is C37H22N4S. The number of nitrogens with zero attached hydrogens (tertiary/aromatic N) is 4. The Morgan fingerprint density at radius 2 is 1.24 bits per heavy atom. The van der Waals surface area contributed by atoms with E-state index in [1.807, 2.05) is 12.3 Å². The first-order valence-corrected chi connectivity index (χ1v) is 14.7. The Morgan fingerprint density at radius 1 is 0.548 bits per heavy atom. The normalized spacial score (nSPS) is 11.8. The number of benzene rings is 6. The summed E-state index contributed by atoms with van der Waals surface area (Å²) in [5.41, 5.74) is 5.26. The fraction of sp³-hybridized carbons (Fsp3) is 0. The number of pyridine rings is 1. The van der Waals surface area contributed by atoms with Crippen molar-refractivity contribution in [2.45, 2.75) is 0 Å². The Hall–Kier alpha value is -5.39. The van der Waals surface area contributed by atoms with Gasteiger partial charge in [-0.05, 0) is 68.8 Å². The number of hydrogen-bond donors (Lipinski definition) is 0. The highest BCUT2D eigenvalue weighted by molar-refractivity contribution is 7.09. The first kappa shape index (κ1) is 23.3. The largest absolute Gasteiger partial charge is 0.293 e. The van der Waals surface area contributed by atoms with Crippen LogP contribution >= 0.6 is 11.5 Å². The molecule has 9 rings (SSSR count). The maximum atomic E-state index is 5.15. The van der Waals surface area contributed by atoms with Crippen LogP contribution < -0.4 is 0 Å². The summed E-state index contributed by atoms with van der Waals surface area (Å²) in [5.74, 6) is 0.733. The molecule has 3 aromatic heterocycles. The Balaban J connectivity index is 1.27. The van der Waals surface area contributed by atoms with Crippen LogP contribution in [-0.4, -0.2) is 18.9 Å². The van der Waals surface area contributed by atoms with Crippen LogP contribution in [0.15, 0.2) is 134 Å². The van der Waals surface area contributed by atoms with Crippen LogP contribution in [0.4, 0.5) is 0 Å². The quantitative estimate of drug-likeness (QED) is 0.204. The highest BCUT2D eigenvalue weighted by Crippen LogP contribution is 2.39. The van der Waals surface area contributed by atoms with Gasteiger partial charge in [-0.2, -0.15) is 4.37 Å². The second-order valence-corrected chi connectivity index (χ2v) is 11.3. The fourth-order valence-electron chi connectivity index (χ4n) is 6.32. The van der Waals surface area contributed by atoms with Gasteiger partial charge in [0.2, 0.25) is 0 Å². The molecule has 0 saturated heterocycles. The van der Waals surface area contributed by atoms with Crippen molar-refractivity contribution in [1.29, 1.82) is 0 Å². The molecule has 0 aliphatic heterocycles. The average molecular weight is 555 g/mol. The van der Waals surface area contributed by atoms with Gasteiger partial charge in [0.25, 0.3) is 0 Å². The lowest BCUT2D eigenvalue weighted by Crippen LogP contribution is -1.96. The van der Waals surface area contributed by atoms with Gasteiger partial charge in [-0.1, -0.05) is 97.1 Å². The van der Waals surface area contributed by atoms with E-state index in [9.17, 15) is 0 Å². The molecule has 0 radical (unpaired) electrons. The van der Waals surface area contributed by atoms with Crippen LogP contribution in [0.3, 0.4) is 0 Å². The summed E-state index contributed by atoms with van der Waals surface area (Å²) in [5, 5.41) is 10.4. The van der Waals surface area contributed by atoms with Crippen LogP contribution in [-0.2, 0) is 0 Å². The molecule has 5 heteroatoms. The van der Waals surface area contributed by atoms with E-state index in [1.54, 1.807) is 0 Å². The molecule has 6 aromatic carbocycles. The van der Waals surface area contributed by atoms with Gasteiger partial charge >= 0.3 is 0 Å². The summed E-state index contributed by atoms with van der Waals surface area (Å²) in [4.78, 5) is 9.99. The molecule has 0 spiro atoms. The van der Waals surface area contributed by atoms with Crippen LogP contribution in [0.5, 0.6) is 0 Å². The first-order valence-electron chi connectivity index (χ1n) is 14.0. The standard InChI is InChI=1S/C37H22N4S/c1-4-13-27-23(9-1)12-7-17-32(27)41-33-22-26(18-19-30(33)31-16-8-20-38-36(31)41)35-39-37(42-40-35)34-28-14-5-2-10-24(28)21-25-11-3-6-15-29(25)34/h1-22H. The van der Waals surface area contributed by atoms with E-state index in [2.05, 4.69) is 126 Å². The molecule has 0 fully saturated rings. The number of aromatic nitrogens is 4. The average Bonchev–Trinajstić information content (AvgIpc) is 3.66. The highest BCUT2D eigenvalue weighted by atomic mass is 32.1. The van der Waals surface area contributed by atoms with Gasteiger partial charge in [0.05, 0.1) is 11.2 Å². The van der Waals surface area contributed by atoms with E-state index in [0.717, 1.165) is 49.6 Å². The van der Waals surface area contributed by atoms with Crippen LogP contribution in [0.1, 0.15) is 0 Å². The van der Waals surface area contributed by atoms with Gasteiger partial charge in [0, 0.05) is 33.5 Å². The second-order valence-electron chi connectivity index (χ2n) is 10.6. The van der Waals surface area contributed by atoms with Gasteiger partial charge in [0.1, 0.15) is 10.7 Å². The summed E-state index contributed by atoms with van der Waals surface area (Å²) in [6.07, 6.45) is 1.87. The summed E-state index contributed by atoms with van der Waals surface area (Å²) in [6, 6.07) is 45.0. The minimum Gasteiger partial charge on any atom is -0.293 e. The van der Waals surface area contributed by atoms with Crippen molar-refractivity contribution >= 4 is 65.8 Å². The molecule has 0 bridgehead atoms. The molecule has 0 unspecified atom stereocenters. The third-order valence-electron chi connectivity index (χ3n) is 8.20. The molecule has 9 aromatic rings. The van der Waals surface area contributed by atoms with Crippen LogP contribution in [0.25, 0.3) is 81.9 Å². The second kappa shape index (κ2) is 9.06. The lowest BCUT2D eigenvalue weighted by atomic mass is 9.97. The van der Waals surface area contributed by atoms with E-state index in [-0.39, 0.29) is 0 Å². The smallest absolute Gasteiger partial charge is 0.173 e. The topological polar surface area (TPSA) is 43.6 Å². The predicted octanol–water partition coefficient (Wildman–Crippen LogP) is 9.82. The molecule has 3 heterocycles. The van der Waals surface area contributed by atoms with Crippen molar-refractivity contribution in [3.8, 4) is 27.6 Å². The summed E-state index contributed by atoms with van der Waals surface area (Å²) in [7, 11) is 0. The minimum absolute atomic E-state index is 0.733. The minimum atomic E-state index is 0.733. The third-order valence-corrected chi connectivity index (χ3v) is 8.94. The van der Waals surface area contributed by atoms with Crippen LogP contribution in [0.2, 0.25) is 0 Å². The Bertz CT molecular complexity index is 2430. The summed E-state index contributed by atoms with van der Waals surface area (Å²) >= 11 is 1.46. The molecule has 0 N–H and O–H groups in total. The predicted molar refractivity (Wildman–Crippen MR) is 175 cm³/mol. The van der Waals surface area contributed by atoms with Gasteiger partial charge in [0.15, 0.2) is 5.82 Å². The zero-order chi connectivity index (χ0) is 27.6. The van der Waals surface area contributed by atoms with E-state index in [0.29, 0.717) is 0 Å². The third kappa shape index (κ3) is 3.44. The lowest BCUT2D eigenvalue weighted by Gasteiger charge is -2.11. The molecule has 0 saturated carbocycles. The summed E-state index contributed by atoms with van der Waals surface area (Å²) < 4.78 is 7.17. The van der Waals surface area contributed by atoms with E-state index in [4.69, 9.17) is 14.3 Å². The monoisotopic (exact) mass is 554 g/mol.